The van der Waals surface area contributed by atoms with Gasteiger partial charge in [-0.3, -0.25) is 0 Å². The molecule has 0 amide bonds. The smallest absolute Gasteiger partial charge is 0.0377 e. The van der Waals surface area contributed by atoms with Gasteiger partial charge in [-0.1, -0.05) is 22.0 Å². The maximum Gasteiger partial charge on any atom is 0.0377 e. The van der Waals surface area contributed by atoms with Crippen LogP contribution in [0.1, 0.15) is 38.2 Å². The minimum Gasteiger partial charge on any atom is -0.371 e. The molecule has 20 heavy (non-hydrogen) atoms. The van der Waals surface area contributed by atoms with E-state index in [-0.39, 0.29) is 6.04 Å². The summed E-state index contributed by atoms with van der Waals surface area (Å²) < 4.78 is 1.21. The molecule has 110 valence electrons. The van der Waals surface area contributed by atoms with Gasteiger partial charge in [0.25, 0.3) is 0 Å². The van der Waals surface area contributed by atoms with Gasteiger partial charge in [0, 0.05) is 29.3 Å². The van der Waals surface area contributed by atoms with Gasteiger partial charge in [-0.05, 0) is 68.6 Å². The summed E-state index contributed by atoms with van der Waals surface area (Å²) in [7, 11) is 0. The lowest BCUT2D eigenvalue weighted by molar-refractivity contribution is 0.678. The molecule has 1 unspecified atom stereocenters. The predicted molar refractivity (Wildman–Crippen MR) is 89.2 cm³/mol. The summed E-state index contributed by atoms with van der Waals surface area (Å²) in [5, 5.41) is 0. The molecule has 1 aromatic rings. The molecule has 0 aromatic heterocycles. The minimum absolute atomic E-state index is 0.214. The third-order valence-electron chi connectivity index (χ3n) is 4.29. The zero-order chi connectivity index (χ0) is 14.1. The highest BCUT2D eigenvalue weighted by Gasteiger charge is 2.29. The number of halogens is 1. The lowest BCUT2D eigenvalue weighted by Crippen LogP contribution is -2.28. The summed E-state index contributed by atoms with van der Waals surface area (Å²) in [4.78, 5) is 2.61. The number of rotatable bonds is 7. The summed E-state index contributed by atoms with van der Waals surface area (Å²) in [6.07, 6.45) is 6.62. The molecule has 2 saturated carbocycles. The van der Waals surface area contributed by atoms with E-state index >= 15 is 0 Å². The van der Waals surface area contributed by atoms with Gasteiger partial charge in [-0.25, -0.2) is 0 Å². The van der Waals surface area contributed by atoms with Crippen LogP contribution in [0.3, 0.4) is 0 Å². The Bertz CT molecular complexity index is 450. The largest absolute Gasteiger partial charge is 0.371 e. The molecular weight excluding hydrogens is 312 g/mol. The first kappa shape index (κ1) is 14.4. The van der Waals surface area contributed by atoms with Gasteiger partial charge in [0.1, 0.15) is 0 Å². The van der Waals surface area contributed by atoms with Gasteiger partial charge >= 0.3 is 0 Å². The highest BCUT2D eigenvalue weighted by molar-refractivity contribution is 9.10. The van der Waals surface area contributed by atoms with Crippen LogP contribution in [0.25, 0.3) is 0 Å². The van der Waals surface area contributed by atoms with Crippen molar-refractivity contribution >= 4 is 21.6 Å². The third-order valence-corrected chi connectivity index (χ3v) is 5.03. The van der Waals surface area contributed by atoms with E-state index in [0.717, 1.165) is 18.3 Å². The molecule has 2 fully saturated rings. The average molecular weight is 337 g/mol. The van der Waals surface area contributed by atoms with E-state index < -0.39 is 0 Å². The van der Waals surface area contributed by atoms with Crippen molar-refractivity contribution in [2.75, 3.05) is 18.0 Å². The Balaban J connectivity index is 1.73. The Morgan fingerprint density at radius 1 is 1.20 bits per heavy atom. The van der Waals surface area contributed by atoms with E-state index in [2.05, 4.69) is 46.0 Å². The van der Waals surface area contributed by atoms with Crippen molar-refractivity contribution in [1.82, 2.24) is 0 Å². The quantitative estimate of drug-likeness (QED) is 0.816. The molecule has 0 bridgehead atoms. The Morgan fingerprint density at radius 2 is 1.80 bits per heavy atom. The maximum atomic E-state index is 5.91. The van der Waals surface area contributed by atoms with Gasteiger partial charge < -0.3 is 10.6 Å². The number of anilines is 1. The predicted octanol–water partition coefficient (Wildman–Crippen LogP) is 3.97. The zero-order valence-electron chi connectivity index (χ0n) is 12.3. The fourth-order valence-corrected chi connectivity index (χ4v) is 3.28. The fraction of sp³-hybridized carbons (Fsp3) is 0.647. The summed E-state index contributed by atoms with van der Waals surface area (Å²) >= 11 is 3.73. The number of benzene rings is 1. The second-order valence-corrected chi connectivity index (χ2v) is 7.60. The van der Waals surface area contributed by atoms with E-state index in [1.807, 2.05) is 0 Å². The van der Waals surface area contributed by atoms with Gasteiger partial charge in [0.15, 0.2) is 0 Å². The Hall–Kier alpha value is -0.540. The Kier molecular flexibility index (Phi) is 4.37. The zero-order valence-corrected chi connectivity index (χ0v) is 13.9. The van der Waals surface area contributed by atoms with Crippen LogP contribution in [-0.2, 0) is 6.42 Å². The lowest BCUT2D eigenvalue weighted by atomic mass is 10.1. The third kappa shape index (κ3) is 3.98. The van der Waals surface area contributed by atoms with Crippen LogP contribution in [0.4, 0.5) is 5.69 Å². The molecule has 1 aromatic carbocycles. The van der Waals surface area contributed by atoms with E-state index in [4.69, 9.17) is 5.73 Å². The molecule has 2 aliphatic rings. The first-order valence-corrected chi connectivity index (χ1v) is 8.70. The normalized spacial score (nSPS) is 19.9. The molecule has 1 atom stereocenters. The highest BCUT2D eigenvalue weighted by Crippen LogP contribution is 2.36. The molecule has 0 heterocycles. The van der Waals surface area contributed by atoms with Gasteiger partial charge in [-0.15, -0.1) is 0 Å². The molecule has 3 heteroatoms. The van der Waals surface area contributed by atoms with Crippen molar-refractivity contribution in [2.45, 2.75) is 45.1 Å². The van der Waals surface area contributed by atoms with Crippen LogP contribution in [0.15, 0.2) is 22.7 Å². The number of nitrogens with zero attached hydrogens (tertiary/aromatic N) is 1. The Labute approximate surface area is 130 Å². The molecule has 2 aliphatic carbocycles. The standard InChI is InChI=1S/C17H25BrN2/c1-12(19)8-15-6-7-16(9-17(15)18)20(10-13-2-3-13)11-14-4-5-14/h6-7,9,12-14H,2-5,8,10-11,19H2,1H3. The summed E-state index contributed by atoms with van der Waals surface area (Å²) in [5.41, 5.74) is 8.61. The second-order valence-electron chi connectivity index (χ2n) is 6.75. The molecule has 2 N–H and O–H groups in total. The Morgan fingerprint density at radius 3 is 2.25 bits per heavy atom. The molecule has 0 spiro atoms. The monoisotopic (exact) mass is 336 g/mol. The van der Waals surface area contributed by atoms with E-state index in [1.54, 1.807) is 0 Å². The highest BCUT2D eigenvalue weighted by atomic mass is 79.9. The minimum atomic E-state index is 0.214. The molecule has 3 rings (SSSR count). The van der Waals surface area contributed by atoms with Crippen molar-refractivity contribution in [3.05, 3.63) is 28.2 Å². The molecule has 0 aliphatic heterocycles. The summed E-state index contributed by atoms with van der Waals surface area (Å²) in [6, 6.07) is 7.04. The number of hydrogen-bond acceptors (Lipinski definition) is 2. The molecular formula is C17H25BrN2. The van der Waals surface area contributed by atoms with Crippen molar-refractivity contribution in [3.63, 3.8) is 0 Å². The van der Waals surface area contributed by atoms with E-state index in [9.17, 15) is 0 Å². The van der Waals surface area contributed by atoms with Gasteiger partial charge in [0.05, 0.1) is 0 Å². The van der Waals surface area contributed by atoms with Gasteiger partial charge in [0.2, 0.25) is 0 Å². The van der Waals surface area contributed by atoms with Crippen molar-refractivity contribution < 1.29 is 0 Å². The first-order chi connectivity index (χ1) is 9.61. The van der Waals surface area contributed by atoms with Crippen molar-refractivity contribution in [3.8, 4) is 0 Å². The van der Waals surface area contributed by atoms with Crippen LogP contribution in [0.5, 0.6) is 0 Å². The van der Waals surface area contributed by atoms with Crippen LogP contribution in [0, 0.1) is 11.8 Å². The molecule has 2 nitrogen and oxygen atoms in total. The maximum absolute atomic E-state index is 5.91. The van der Waals surface area contributed by atoms with Crippen LogP contribution in [-0.4, -0.2) is 19.1 Å². The average Bonchev–Trinajstić information content (AvgIpc) is 3.25. The number of nitrogens with two attached hydrogens (primary N) is 1. The number of hydrogen-bond donors (Lipinski definition) is 1. The van der Waals surface area contributed by atoms with Crippen LogP contribution in [0.2, 0.25) is 0 Å². The second kappa shape index (κ2) is 6.07. The van der Waals surface area contributed by atoms with Crippen molar-refractivity contribution in [2.24, 2.45) is 17.6 Å². The van der Waals surface area contributed by atoms with Crippen molar-refractivity contribution in [1.29, 1.82) is 0 Å². The molecule has 0 radical (unpaired) electrons. The summed E-state index contributed by atoms with van der Waals surface area (Å²) in [5.74, 6) is 1.88. The lowest BCUT2D eigenvalue weighted by Gasteiger charge is -2.25. The van der Waals surface area contributed by atoms with E-state index in [1.165, 1.54) is 54.5 Å². The van der Waals surface area contributed by atoms with Gasteiger partial charge in [-0.2, -0.15) is 0 Å². The van der Waals surface area contributed by atoms with Crippen LogP contribution >= 0.6 is 15.9 Å². The van der Waals surface area contributed by atoms with Crippen LogP contribution < -0.4 is 10.6 Å². The van der Waals surface area contributed by atoms with E-state index in [0.29, 0.717) is 0 Å². The molecule has 0 saturated heterocycles. The first-order valence-electron chi connectivity index (χ1n) is 7.91. The topological polar surface area (TPSA) is 29.3 Å². The SMILES string of the molecule is CC(N)Cc1ccc(N(CC2CC2)CC2CC2)cc1Br. The summed E-state index contributed by atoms with van der Waals surface area (Å²) in [6.45, 7) is 4.55. The fourth-order valence-electron chi connectivity index (χ4n) is 2.75.